The summed E-state index contributed by atoms with van der Waals surface area (Å²) in [6, 6.07) is 14.1. The van der Waals surface area contributed by atoms with Crippen LogP contribution in [0.3, 0.4) is 0 Å². The van der Waals surface area contributed by atoms with Crippen molar-refractivity contribution in [1.82, 2.24) is 10.3 Å². The fourth-order valence-corrected chi connectivity index (χ4v) is 2.09. The van der Waals surface area contributed by atoms with Crippen molar-refractivity contribution in [2.45, 2.75) is 19.8 Å². The van der Waals surface area contributed by atoms with Crippen LogP contribution in [0.1, 0.15) is 29.4 Å². The number of aromatic nitrogens is 1. The lowest BCUT2D eigenvalue weighted by Crippen LogP contribution is -2.23. The molecule has 4 nitrogen and oxygen atoms in total. The van der Waals surface area contributed by atoms with E-state index < -0.39 is 0 Å². The Bertz CT molecular complexity index is 569. The highest BCUT2D eigenvalue weighted by Crippen LogP contribution is 2.09. The third-order valence-corrected chi connectivity index (χ3v) is 3.14. The largest absolute Gasteiger partial charge is 0.385 e. The molecule has 0 unspecified atom stereocenters. The zero-order chi connectivity index (χ0) is 14.9. The number of hydrogen-bond donors (Lipinski definition) is 2. The average molecular weight is 283 g/mol. The van der Waals surface area contributed by atoms with E-state index in [4.69, 9.17) is 0 Å². The van der Waals surface area contributed by atoms with Crippen molar-refractivity contribution < 1.29 is 4.79 Å². The Labute approximate surface area is 125 Å². The maximum Gasteiger partial charge on any atom is 0.269 e. The predicted molar refractivity (Wildman–Crippen MR) is 85.5 cm³/mol. The first kappa shape index (κ1) is 15.0. The first-order valence-electron chi connectivity index (χ1n) is 7.31. The van der Waals surface area contributed by atoms with Crippen LogP contribution in [-0.2, 0) is 6.42 Å². The Morgan fingerprint density at radius 1 is 1.19 bits per heavy atom. The number of aryl methyl sites for hydroxylation is 1. The Kier molecular flexibility index (Phi) is 5.76. The maximum absolute atomic E-state index is 11.7. The molecule has 0 saturated heterocycles. The lowest BCUT2D eigenvalue weighted by Gasteiger charge is -2.08. The highest BCUT2D eigenvalue weighted by Gasteiger charge is 2.05. The molecule has 0 aliphatic heterocycles. The molecular weight excluding hydrogens is 262 g/mol. The number of benzene rings is 1. The summed E-state index contributed by atoms with van der Waals surface area (Å²) in [6.07, 6.45) is 3.75. The van der Waals surface area contributed by atoms with Crippen LogP contribution in [0.4, 0.5) is 5.69 Å². The van der Waals surface area contributed by atoms with Crippen molar-refractivity contribution in [3.05, 3.63) is 59.9 Å². The van der Waals surface area contributed by atoms with E-state index in [2.05, 4.69) is 39.9 Å². The molecule has 2 N–H and O–H groups in total. The summed E-state index contributed by atoms with van der Waals surface area (Å²) in [5.74, 6) is -0.134. The molecule has 0 bridgehead atoms. The van der Waals surface area contributed by atoms with Crippen LogP contribution in [0.5, 0.6) is 0 Å². The summed E-state index contributed by atoms with van der Waals surface area (Å²) in [7, 11) is 0. The second-order valence-electron chi connectivity index (χ2n) is 4.81. The van der Waals surface area contributed by atoms with Gasteiger partial charge < -0.3 is 10.6 Å². The lowest BCUT2D eigenvalue weighted by atomic mass is 10.1. The van der Waals surface area contributed by atoms with Crippen LogP contribution in [0.25, 0.3) is 0 Å². The number of nitrogens with zero attached hydrogens (tertiary/aromatic N) is 1. The van der Waals surface area contributed by atoms with Crippen molar-refractivity contribution in [2.75, 3.05) is 18.4 Å². The smallest absolute Gasteiger partial charge is 0.269 e. The summed E-state index contributed by atoms with van der Waals surface area (Å²) in [4.78, 5) is 15.8. The van der Waals surface area contributed by atoms with Crippen LogP contribution >= 0.6 is 0 Å². The number of carbonyl (C=O) groups excluding carboxylic acids is 1. The fourth-order valence-electron chi connectivity index (χ4n) is 2.09. The number of rotatable bonds is 7. The molecule has 0 atom stereocenters. The maximum atomic E-state index is 11.7. The Hall–Kier alpha value is -2.36. The molecule has 2 aromatic rings. The SMILES string of the molecule is CCNC(=O)c1cc(NCCCc2ccccc2)ccn1. The van der Waals surface area contributed by atoms with Gasteiger partial charge in [0.1, 0.15) is 5.69 Å². The van der Waals surface area contributed by atoms with Crippen LogP contribution in [0.15, 0.2) is 48.7 Å². The van der Waals surface area contributed by atoms with Crippen molar-refractivity contribution in [2.24, 2.45) is 0 Å². The number of pyridine rings is 1. The summed E-state index contributed by atoms with van der Waals surface area (Å²) in [5, 5.41) is 6.08. The molecule has 2 rings (SSSR count). The zero-order valence-electron chi connectivity index (χ0n) is 12.3. The van der Waals surface area contributed by atoms with Gasteiger partial charge in [-0.15, -0.1) is 0 Å². The quantitative estimate of drug-likeness (QED) is 0.768. The zero-order valence-corrected chi connectivity index (χ0v) is 12.3. The van der Waals surface area contributed by atoms with Gasteiger partial charge in [0.15, 0.2) is 0 Å². The van der Waals surface area contributed by atoms with Crippen molar-refractivity contribution >= 4 is 11.6 Å². The highest BCUT2D eigenvalue weighted by molar-refractivity contribution is 5.93. The summed E-state index contributed by atoms with van der Waals surface area (Å²) in [6.45, 7) is 3.37. The van der Waals surface area contributed by atoms with Gasteiger partial charge in [-0.2, -0.15) is 0 Å². The minimum atomic E-state index is -0.134. The average Bonchev–Trinajstić information content (AvgIpc) is 2.53. The van der Waals surface area contributed by atoms with Crippen molar-refractivity contribution in [3.8, 4) is 0 Å². The normalized spacial score (nSPS) is 10.1. The van der Waals surface area contributed by atoms with E-state index in [9.17, 15) is 4.79 Å². The molecule has 21 heavy (non-hydrogen) atoms. The van der Waals surface area contributed by atoms with Crippen molar-refractivity contribution in [1.29, 1.82) is 0 Å². The van der Waals surface area contributed by atoms with Gasteiger partial charge in [-0.25, -0.2) is 0 Å². The molecule has 0 spiro atoms. The van der Waals surface area contributed by atoms with E-state index in [1.54, 1.807) is 12.3 Å². The molecule has 1 aromatic heterocycles. The molecule has 110 valence electrons. The van der Waals surface area contributed by atoms with Gasteiger partial charge in [-0.05, 0) is 37.5 Å². The summed E-state index contributed by atoms with van der Waals surface area (Å²) < 4.78 is 0. The van der Waals surface area contributed by atoms with E-state index in [0.29, 0.717) is 12.2 Å². The molecule has 4 heteroatoms. The molecule has 0 saturated carbocycles. The van der Waals surface area contributed by atoms with Gasteiger partial charge in [-0.1, -0.05) is 30.3 Å². The van der Waals surface area contributed by atoms with E-state index in [1.807, 2.05) is 19.1 Å². The van der Waals surface area contributed by atoms with Gasteiger partial charge in [0.2, 0.25) is 0 Å². The van der Waals surface area contributed by atoms with Crippen molar-refractivity contribution in [3.63, 3.8) is 0 Å². The van der Waals surface area contributed by atoms with E-state index in [1.165, 1.54) is 5.56 Å². The monoisotopic (exact) mass is 283 g/mol. The molecular formula is C17H21N3O. The Balaban J connectivity index is 1.80. The van der Waals surface area contributed by atoms with Gasteiger partial charge in [0, 0.05) is 25.0 Å². The van der Waals surface area contributed by atoms with Crippen LogP contribution < -0.4 is 10.6 Å². The molecule has 0 radical (unpaired) electrons. The Morgan fingerprint density at radius 3 is 2.76 bits per heavy atom. The lowest BCUT2D eigenvalue weighted by molar-refractivity contribution is 0.0951. The first-order chi connectivity index (χ1) is 10.3. The summed E-state index contributed by atoms with van der Waals surface area (Å²) in [5.41, 5.74) is 2.72. The second kappa shape index (κ2) is 8.04. The Morgan fingerprint density at radius 2 is 2.00 bits per heavy atom. The van der Waals surface area contributed by atoms with E-state index in [0.717, 1.165) is 25.1 Å². The summed E-state index contributed by atoms with van der Waals surface area (Å²) >= 11 is 0. The second-order valence-corrected chi connectivity index (χ2v) is 4.81. The molecule has 0 aliphatic rings. The molecule has 1 heterocycles. The van der Waals surface area contributed by atoms with E-state index >= 15 is 0 Å². The topological polar surface area (TPSA) is 54.0 Å². The molecule has 1 amide bonds. The first-order valence-corrected chi connectivity index (χ1v) is 7.31. The number of hydrogen-bond acceptors (Lipinski definition) is 3. The van der Waals surface area contributed by atoms with Crippen LogP contribution in [-0.4, -0.2) is 24.0 Å². The minimum Gasteiger partial charge on any atom is -0.385 e. The molecule has 0 aliphatic carbocycles. The third kappa shape index (κ3) is 4.91. The number of carbonyl (C=O) groups is 1. The highest BCUT2D eigenvalue weighted by atomic mass is 16.1. The standard InChI is InChI=1S/C17H21N3O/c1-2-18-17(21)16-13-15(10-12-20-16)19-11-6-9-14-7-4-3-5-8-14/h3-5,7-8,10,12-13H,2,6,9,11H2,1H3,(H,18,21)(H,19,20). The van der Waals surface area contributed by atoms with Crippen LogP contribution in [0.2, 0.25) is 0 Å². The molecule has 1 aromatic carbocycles. The predicted octanol–water partition coefficient (Wildman–Crippen LogP) is 2.88. The third-order valence-electron chi connectivity index (χ3n) is 3.14. The van der Waals surface area contributed by atoms with Crippen LogP contribution in [0, 0.1) is 0 Å². The number of amides is 1. The molecule has 0 fully saturated rings. The van der Waals surface area contributed by atoms with Gasteiger partial charge in [0.25, 0.3) is 5.91 Å². The van der Waals surface area contributed by atoms with Gasteiger partial charge in [-0.3, -0.25) is 9.78 Å². The van der Waals surface area contributed by atoms with E-state index in [-0.39, 0.29) is 5.91 Å². The minimum absolute atomic E-state index is 0.134. The fraction of sp³-hybridized carbons (Fsp3) is 0.294. The number of nitrogens with one attached hydrogen (secondary N) is 2. The van der Waals surface area contributed by atoms with Gasteiger partial charge >= 0.3 is 0 Å². The van der Waals surface area contributed by atoms with Gasteiger partial charge in [0.05, 0.1) is 0 Å². The number of anilines is 1.